The third-order valence-corrected chi connectivity index (χ3v) is 3.93. The monoisotopic (exact) mass is 337 g/mol. The number of carbonyl (C=O) groups excluding carboxylic acids is 1. The molecule has 6 heteroatoms. The van der Waals surface area contributed by atoms with Gasteiger partial charge in [-0.1, -0.05) is 18.2 Å². The molecule has 2 aromatic carbocycles. The number of methoxy groups -OCH3 is 1. The third-order valence-electron chi connectivity index (χ3n) is 3.93. The third kappa shape index (κ3) is 3.47. The Hall–Kier alpha value is -3.28. The first-order valence-electron chi connectivity index (χ1n) is 7.87. The van der Waals surface area contributed by atoms with Crippen LogP contribution in [0.3, 0.4) is 0 Å². The SMILES string of the molecule is COc1ccc(O)cc1C(=O)N[C@@H](C)c1ccccc1-n1cccn1. The van der Waals surface area contributed by atoms with E-state index in [-0.39, 0.29) is 23.3 Å². The van der Waals surface area contributed by atoms with Crippen molar-refractivity contribution < 1.29 is 14.6 Å². The number of phenols is 1. The first-order valence-corrected chi connectivity index (χ1v) is 7.87. The molecule has 3 aromatic rings. The van der Waals surface area contributed by atoms with Crippen molar-refractivity contribution >= 4 is 5.91 Å². The molecule has 0 aliphatic carbocycles. The quantitative estimate of drug-likeness (QED) is 0.750. The molecule has 0 aliphatic rings. The molecule has 0 bridgehead atoms. The Labute approximate surface area is 145 Å². The summed E-state index contributed by atoms with van der Waals surface area (Å²) >= 11 is 0. The summed E-state index contributed by atoms with van der Waals surface area (Å²) in [5.41, 5.74) is 2.10. The molecule has 1 amide bonds. The molecule has 1 atom stereocenters. The summed E-state index contributed by atoms with van der Waals surface area (Å²) in [6, 6.07) is 13.7. The molecule has 0 saturated heterocycles. The summed E-state index contributed by atoms with van der Waals surface area (Å²) in [6.07, 6.45) is 3.56. The molecule has 25 heavy (non-hydrogen) atoms. The van der Waals surface area contributed by atoms with Crippen molar-refractivity contribution in [1.82, 2.24) is 15.1 Å². The molecule has 0 saturated carbocycles. The van der Waals surface area contributed by atoms with E-state index in [0.717, 1.165) is 11.3 Å². The van der Waals surface area contributed by atoms with Gasteiger partial charge in [0.05, 0.1) is 24.4 Å². The highest BCUT2D eigenvalue weighted by atomic mass is 16.5. The number of nitrogens with zero attached hydrogens (tertiary/aromatic N) is 2. The summed E-state index contributed by atoms with van der Waals surface area (Å²) in [7, 11) is 1.49. The van der Waals surface area contributed by atoms with Crippen molar-refractivity contribution in [2.75, 3.05) is 7.11 Å². The van der Waals surface area contributed by atoms with Crippen LogP contribution in [-0.4, -0.2) is 27.9 Å². The maximum atomic E-state index is 12.6. The lowest BCUT2D eigenvalue weighted by molar-refractivity contribution is 0.0936. The van der Waals surface area contributed by atoms with Gasteiger partial charge in [0.2, 0.25) is 0 Å². The Balaban J connectivity index is 1.87. The fraction of sp³-hybridized carbons (Fsp3) is 0.158. The molecular formula is C19H19N3O3. The lowest BCUT2D eigenvalue weighted by atomic mass is 10.1. The summed E-state index contributed by atoms with van der Waals surface area (Å²) in [6.45, 7) is 1.90. The topological polar surface area (TPSA) is 76.4 Å². The zero-order valence-corrected chi connectivity index (χ0v) is 14.0. The van der Waals surface area contributed by atoms with Crippen LogP contribution in [0.4, 0.5) is 0 Å². The second kappa shape index (κ2) is 7.09. The average molecular weight is 337 g/mol. The van der Waals surface area contributed by atoms with Gasteiger partial charge in [0.15, 0.2) is 0 Å². The van der Waals surface area contributed by atoms with Crippen LogP contribution in [0.25, 0.3) is 5.69 Å². The summed E-state index contributed by atoms with van der Waals surface area (Å²) in [4.78, 5) is 12.6. The van der Waals surface area contributed by atoms with Crippen LogP contribution in [0.5, 0.6) is 11.5 Å². The van der Waals surface area contributed by atoms with E-state index in [2.05, 4.69) is 10.4 Å². The van der Waals surface area contributed by atoms with Gasteiger partial charge in [0.1, 0.15) is 11.5 Å². The average Bonchev–Trinajstić information content (AvgIpc) is 3.16. The van der Waals surface area contributed by atoms with Gasteiger partial charge in [0, 0.05) is 12.4 Å². The molecule has 6 nitrogen and oxygen atoms in total. The number of ether oxygens (including phenoxy) is 1. The number of hydrogen-bond donors (Lipinski definition) is 2. The number of aromatic hydroxyl groups is 1. The molecule has 0 spiro atoms. The van der Waals surface area contributed by atoms with Gasteiger partial charge < -0.3 is 15.2 Å². The lowest BCUT2D eigenvalue weighted by Gasteiger charge is -2.19. The lowest BCUT2D eigenvalue weighted by Crippen LogP contribution is -2.27. The van der Waals surface area contributed by atoms with Gasteiger partial charge in [0.25, 0.3) is 5.91 Å². The second-order valence-corrected chi connectivity index (χ2v) is 5.59. The number of para-hydroxylation sites is 1. The summed E-state index contributed by atoms with van der Waals surface area (Å²) < 4.78 is 6.96. The Morgan fingerprint density at radius 3 is 2.76 bits per heavy atom. The zero-order valence-electron chi connectivity index (χ0n) is 14.0. The van der Waals surface area contributed by atoms with Crippen LogP contribution in [0.1, 0.15) is 28.9 Å². The van der Waals surface area contributed by atoms with Crippen LogP contribution in [0.15, 0.2) is 60.9 Å². The molecule has 1 aromatic heterocycles. The van der Waals surface area contributed by atoms with Crippen molar-refractivity contribution in [3.63, 3.8) is 0 Å². The van der Waals surface area contributed by atoms with Crippen LogP contribution >= 0.6 is 0 Å². The van der Waals surface area contributed by atoms with E-state index >= 15 is 0 Å². The van der Waals surface area contributed by atoms with Gasteiger partial charge in [-0.2, -0.15) is 5.10 Å². The number of rotatable bonds is 5. The Morgan fingerprint density at radius 1 is 1.24 bits per heavy atom. The molecular weight excluding hydrogens is 318 g/mol. The minimum Gasteiger partial charge on any atom is -0.508 e. The maximum absolute atomic E-state index is 12.6. The van der Waals surface area contributed by atoms with Gasteiger partial charge in [-0.3, -0.25) is 4.79 Å². The number of phenolic OH excluding ortho intramolecular Hbond substituents is 1. The summed E-state index contributed by atoms with van der Waals surface area (Å²) in [5, 5.41) is 16.9. The minimum atomic E-state index is -0.324. The van der Waals surface area contributed by atoms with Crippen molar-refractivity contribution in [3.05, 3.63) is 72.1 Å². The highest BCUT2D eigenvalue weighted by Gasteiger charge is 2.18. The number of benzene rings is 2. The van der Waals surface area contributed by atoms with Crippen molar-refractivity contribution in [3.8, 4) is 17.2 Å². The number of amides is 1. The standard InChI is InChI=1S/C19H19N3O3/c1-13(15-6-3-4-7-17(15)22-11-5-10-20-22)21-19(24)16-12-14(23)8-9-18(16)25-2/h3-13,23H,1-2H3,(H,21,24)/t13-/m0/s1. The van der Waals surface area contributed by atoms with Crippen molar-refractivity contribution in [2.24, 2.45) is 0 Å². The number of aromatic nitrogens is 2. The van der Waals surface area contributed by atoms with Crippen LogP contribution < -0.4 is 10.1 Å². The predicted molar refractivity (Wildman–Crippen MR) is 94.1 cm³/mol. The zero-order chi connectivity index (χ0) is 17.8. The van der Waals surface area contributed by atoms with E-state index in [9.17, 15) is 9.90 Å². The van der Waals surface area contributed by atoms with Gasteiger partial charge in [-0.05, 0) is 42.8 Å². The highest BCUT2D eigenvalue weighted by molar-refractivity contribution is 5.97. The predicted octanol–water partition coefficient (Wildman–Crippen LogP) is 3.08. The largest absolute Gasteiger partial charge is 0.508 e. The van der Waals surface area contributed by atoms with E-state index in [1.54, 1.807) is 16.9 Å². The molecule has 0 unspecified atom stereocenters. The van der Waals surface area contributed by atoms with Gasteiger partial charge in [-0.25, -0.2) is 4.68 Å². The smallest absolute Gasteiger partial charge is 0.255 e. The van der Waals surface area contributed by atoms with Crippen molar-refractivity contribution in [2.45, 2.75) is 13.0 Å². The highest BCUT2D eigenvalue weighted by Crippen LogP contribution is 2.25. The Bertz CT molecular complexity index is 875. The summed E-state index contributed by atoms with van der Waals surface area (Å²) in [5.74, 6) is 0.0916. The molecule has 2 N–H and O–H groups in total. The molecule has 1 heterocycles. The molecule has 128 valence electrons. The van der Waals surface area contributed by atoms with E-state index < -0.39 is 0 Å². The van der Waals surface area contributed by atoms with E-state index in [4.69, 9.17) is 4.74 Å². The van der Waals surface area contributed by atoms with Crippen LogP contribution in [0, 0.1) is 0 Å². The van der Waals surface area contributed by atoms with Crippen LogP contribution in [0.2, 0.25) is 0 Å². The number of nitrogens with one attached hydrogen (secondary N) is 1. The fourth-order valence-electron chi connectivity index (χ4n) is 2.70. The second-order valence-electron chi connectivity index (χ2n) is 5.59. The first kappa shape index (κ1) is 16.6. The number of hydrogen-bond acceptors (Lipinski definition) is 4. The van der Waals surface area contributed by atoms with Gasteiger partial charge in [-0.15, -0.1) is 0 Å². The molecule has 0 aliphatic heterocycles. The van der Waals surface area contributed by atoms with Gasteiger partial charge >= 0.3 is 0 Å². The minimum absolute atomic E-state index is 0.00976. The van der Waals surface area contributed by atoms with Crippen LogP contribution in [-0.2, 0) is 0 Å². The molecule has 0 fully saturated rings. The maximum Gasteiger partial charge on any atom is 0.255 e. The van der Waals surface area contributed by atoms with E-state index in [1.165, 1.54) is 19.2 Å². The van der Waals surface area contributed by atoms with Crippen molar-refractivity contribution in [1.29, 1.82) is 0 Å². The molecule has 3 rings (SSSR count). The fourth-order valence-corrected chi connectivity index (χ4v) is 2.70. The Morgan fingerprint density at radius 2 is 2.04 bits per heavy atom. The van der Waals surface area contributed by atoms with E-state index in [0.29, 0.717) is 5.75 Å². The Kier molecular flexibility index (Phi) is 4.70. The normalized spacial score (nSPS) is 11.8. The molecule has 0 radical (unpaired) electrons. The number of carbonyl (C=O) groups is 1. The first-order chi connectivity index (χ1) is 12.1. The van der Waals surface area contributed by atoms with E-state index in [1.807, 2.05) is 43.5 Å².